The zero-order valence-electron chi connectivity index (χ0n) is 27.8. The van der Waals surface area contributed by atoms with E-state index >= 15 is 4.39 Å². The molecule has 0 saturated carbocycles. The topological polar surface area (TPSA) is 131 Å². The number of benzene rings is 1. The van der Waals surface area contributed by atoms with Crippen LogP contribution in [0.4, 0.5) is 33.6 Å². The molecule has 0 aliphatic carbocycles. The lowest BCUT2D eigenvalue weighted by Crippen LogP contribution is -2.43. The van der Waals surface area contributed by atoms with Crippen molar-refractivity contribution in [2.75, 3.05) is 36.9 Å². The van der Waals surface area contributed by atoms with E-state index in [2.05, 4.69) is 30.0 Å². The minimum atomic E-state index is -4.87. The lowest BCUT2D eigenvalue weighted by Gasteiger charge is -2.35. The van der Waals surface area contributed by atoms with Gasteiger partial charge in [-0.1, -0.05) is 11.6 Å². The summed E-state index contributed by atoms with van der Waals surface area (Å²) < 4.78 is 88.4. The predicted octanol–water partition coefficient (Wildman–Crippen LogP) is 6.97. The molecule has 268 valence electrons. The molecule has 7 heterocycles. The van der Waals surface area contributed by atoms with E-state index in [1.165, 1.54) is 25.4 Å². The van der Waals surface area contributed by atoms with Crippen LogP contribution in [-0.2, 0) is 6.18 Å². The Morgan fingerprint density at radius 3 is 2.80 bits per heavy atom. The highest BCUT2D eigenvalue weighted by Crippen LogP contribution is 2.48. The van der Waals surface area contributed by atoms with Crippen LogP contribution in [0.5, 0.6) is 11.9 Å². The third kappa shape index (κ3) is 5.45. The second kappa shape index (κ2) is 12.0. The number of aromatic amines is 1. The van der Waals surface area contributed by atoms with Gasteiger partial charge in [-0.05, 0) is 57.9 Å². The number of nitrogen functional groups attached to an aromatic ring is 1. The van der Waals surface area contributed by atoms with Crippen LogP contribution in [0.1, 0.15) is 55.8 Å². The summed E-state index contributed by atoms with van der Waals surface area (Å²) in [5.41, 5.74) is 3.82. The van der Waals surface area contributed by atoms with Gasteiger partial charge in [-0.3, -0.25) is 10.00 Å². The highest BCUT2D eigenvalue weighted by molar-refractivity contribution is 6.30. The molecule has 0 spiro atoms. The van der Waals surface area contributed by atoms with Crippen molar-refractivity contribution in [3.63, 3.8) is 0 Å². The largest absolute Gasteiger partial charge is 0.475 e. The summed E-state index contributed by atoms with van der Waals surface area (Å²) in [6.07, 6.45) is -1.45. The van der Waals surface area contributed by atoms with Gasteiger partial charge in [0.25, 0.3) is 0 Å². The fraction of sp³-hybridized carbons (Fsp3) is 0.441. The number of nitrogens with one attached hydrogen (secondary N) is 1. The Kier molecular flexibility index (Phi) is 7.90. The van der Waals surface area contributed by atoms with Crippen LogP contribution >= 0.6 is 11.6 Å². The van der Waals surface area contributed by atoms with Crippen molar-refractivity contribution in [1.82, 2.24) is 35.0 Å². The molecule has 0 radical (unpaired) electrons. The normalized spacial score (nSPS) is 22.7. The Labute approximate surface area is 293 Å². The summed E-state index contributed by atoms with van der Waals surface area (Å²) >= 11 is 6.31. The lowest BCUT2D eigenvalue weighted by atomic mass is 9.94. The van der Waals surface area contributed by atoms with Crippen molar-refractivity contribution in [3.8, 4) is 23.1 Å². The van der Waals surface area contributed by atoms with Gasteiger partial charge in [-0.15, -0.1) is 0 Å². The van der Waals surface area contributed by atoms with Gasteiger partial charge >= 0.3 is 12.2 Å². The molecule has 5 aromatic rings. The van der Waals surface area contributed by atoms with Crippen molar-refractivity contribution < 1.29 is 31.4 Å². The zero-order chi connectivity index (χ0) is 36.0. The third-order valence-electron chi connectivity index (χ3n) is 10.4. The van der Waals surface area contributed by atoms with E-state index in [1.54, 1.807) is 6.07 Å². The van der Waals surface area contributed by atoms with Gasteiger partial charge < -0.3 is 20.1 Å². The van der Waals surface area contributed by atoms with Gasteiger partial charge in [-0.2, -0.15) is 28.2 Å². The molecule has 51 heavy (non-hydrogen) atoms. The maximum Gasteiger partial charge on any atom is 0.417 e. The molecule has 3 N–H and O–H groups in total. The van der Waals surface area contributed by atoms with Crippen molar-refractivity contribution in [1.29, 1.82) is 0 Å². The SMILES string of the molecule is Cc1cc2[nH]ncc2c(-c2nc3c4c(nc(OC[C@@]56CCCN5C[C@H](F)C6)nc4c2F)N([C@H](C)c2cc(Cl)cnc2N)[C@@H](C)CO3)c1C(F)(F)F. The number of ether oxygens (including phenoxy) is 2. The molecule has 0 amide bonds. The number of rotatable bonds is 6. The van der Waals surface area contributed by atoms with Crippen LogP contribution in [-0.4, -0.2) is 79.1 Å². The quantitative estimate of drug-likeness (QED) is 0.177. The van der Waals surface area contributed by atoms with E-state index in [1.807, 2.05) is 18.7 Å². The van der Waals surface area contributed by atoms with E-state index < -0.39 is 52.6 Å². The molecule has 2 saturated heterocycles. The van der Waals surface area contributed by atoms with Gasteiger partial charge in [0.15, 0.2) is 5.82 Å². The van der Waals surface area contributed by atoms with Crippen molar-refractivity contribution in [2.45, 2.75) is 70.0 Å². The first-order chi connectivity index (χ1) is 24.3. The monoisotopic (exact) mass is 729 g/mol. The minimum absolute atomic E-state index is 0.0141. The second-order valence-corrected chi connectivity index (χ2v) is 14.1. The van der Waals surface area contributed by atoms with E-state index in [4.69, 9.17) is 31.8 Å². The molecule has 3 aliphatic heterocycles. The molecule has 1 aromatic carbocycles. The number of anilines is 2. The fourth-order valence-electron chi connectivity index (χ4n) is 8.11. The van der Waals surface area contributed by atoms with Crippen LogP contribution in [0.15, 0.2) is 24.5 Å². The Bertz CT molecular complexity index is 2200. The molecule has 11 nitrogen and oxygen atoms in total. The molecule has 3 aliphatic rings. The molecular weight excluding hydrogens is 697 g/mol. The maximum atomic E-state index is 17.2. The summed E-state index contributed by atoms with van der Waals surface area (Å²) in [6, 6.07) is 1.69. The summed E-state index contributed by atoms with van der Waals surface area (Å²) in [6.45, 7) is 5.99. The lowest BCUT2D eigenvalue weighted by molar-refractivity contribution is -0.137. The Hall–Kier alpha value is -4.57. The maximum absolute atomic E-state index is 17.2. The van der Waals surface area contributed by atoms with Gasteiger partial charge in [0.2, 0.25) is 5.88 Å². The van der Waals surface area contributed by atoms with Gasteiger partial charge in [-0.25, -0.2) is 18.7 Å². The average molecular weight is 730 g/mol. The van der Waals surface area contributed by atoms with Crippen molar-refractivity contribution in [3.05, 3.63) is 52.1 Å². The second-order valence-electron chi connectivity index (χ2n) is 13.6. The number of alkyl halides is 4. The van der Waals surface area contributed by atoms with Crippen LogP contribution in [0.3, 0.4) is 0 Å². The number of pyridine rings is 2. The van der Waals surface area contributed by atoms with Crippen molar-refractivity contribution in [2.24, 2.45) is 0 Å². The van der Waals surface area contributed by atoms with Gasteiger partial charge in [0.05, 0.1) is 39.9 Å². The van der Waals surface area contributed by atoms with E-state index in [-0.39, 0.29) is 77.1 Å². The Morgan fingerprint density at radius 2 is 2.02 bits per heavy atom. The van der Waals surface area contributed by atoms with Gasteiger partial charge in [0.1, 0.15) is 47.6 Å². The van der Waals surface area contributed by atoms with E-state index in [9.17, 15) is 17.6 Å². The molecule has 0 bridgehead atoms. The van der Waals surface area contributed by atoms with Crippen LogP contribution in [0, 0.1) is 12.7 Å². The summed E-state index contributed by atoms with van der Waals surface area (Å²) in [4.78, 5) is 21.8. The predicted molar refractivity (Wildman–Crippen MR) is 180 cm³/mol. The highest BCUT2D eigenvalue weighted by atomic mass is 35.5. The molecule has 8 rings (SSSR count). The summed E-state index contributed by atoms with van der Waals surface area (Å²) in [7, 11) is 0. The van der Waals surface area contributed by atoms with Gasteiger partial charge in [0, 0.05) is 35.7 Å². The first kappa shape index (κ1) is 33.6. The molecule has 4 atom stereocenters. The van der Waals surface area contributed by atoms with Crippen LogP contribution in [0.2, 0.25) is 5.02 Å². The third-order valence-corrected chi connectivity index (χ3v) is 10.6. The summed E-state index contributed by atoms with van der Waals surface area (Å²) in [5.74, 6) is -0.939. The number of hydrogen-bond acceptors (Lipinski definition) is 10. The highest BCUT2D eigenvalue weighted by Gasteiger charge is 2.49. The fourth-order valence-corrected chi connectivity index (χ4v) is 8.28. The number of aryl methyl sites for hydroxylation is 1. The number of hydrogen-bond donors (Lipinski definition) is 2. The number of H-pyrrole nitrogens is 1. The first-order valence-electron chi connectivity index (χ1n) is 16.5. The number of halogens is 6. The molecule has 2 fully saturated rings. The summed E-state index contributed by atoms with van der Waals surface area (Å²) in [5, 5.41) is 7.00. The number of nitrogens with two attached hydrogens (primary N) is 1. The first-order valence-corrected chi connectivity index (χ1v) is 16.9. The minimum Gasteiger partial charge on any atom is -0.475 e. The molecular formula is C34H33ClF5N9O2. The molecule has 0 unspecified atom stereocenters. The number of nitrogens with zero attached hydrogens (tertiary/aromatic N) is 7. The molecule has 17 heteroatoms. The van der Waals surface area contributed by atoms with Crippen LogP contribution in [0.25, 0.3) is 33.1 Å². The zero-order valence-corrected chi connectivity index (χ0v) is 28.5. The Balaban J connectivity index is 1.37. The van der Waals surface area contributed by atoms with Crippen molar-refractivity contribution >= 4 is 45.0 Å². The average Bonchev–Trinajstić information content (AvgIpc) is 3.75. The molecule has 4 aromatic heterocycles. The smallest absolute Gasteiger partial charge is 0.417 e. The number of aromatic nitrogens is 6. The standard InChI is InChI=1S/C34H33ClF5N9O2/c1-15-7-22-21(11-43-47-22)23(25(15)34(38,39)40)27-26(37)28-24-30(46-32(45-28)51-14-33-5-4-6-48(33)12-19(36)9-33)49(16(2)13-50-31(24)44-27)17(3)20-8-18(35)10-42-29(20)41/h7-8,10-11,16-17,19H,4-6,9,12-14H2,1-3H3,(H2,41,42)(H,43,47)/t16-,17+,19+,33-/m0/s1. The van der Waals surface area contributed by atoms with E-state index in [0.29, 0.717) is 17.0 Å². The number of fused-ring (bicyclic) bond motifs is 2. The van der Waals surface area contributed by atoms with E-state index in [0.717, 1.165) is 13.0 Å². The Morgan fingerprint density at radius 1 is 1.22 bits per heavy atom. The van der Waals surface area contributed by atoms with Crippen LogP contribution < -0.4 is 20.1 Å².